The molecule has 0 amide bonds. The lowest BCUT2D eigenvalue weighted by Gasteiger charge is -2.31. The van der Waals surface area contributed by atoms with Crippen LogP contribution in [0.5, 0.6) is 23.0 Å². The number of quaternary nitrogens is 1. The highest BCUT2D eigenvalue weighted by molar-refractivity contribution is 5.42. The molecule has 0 saturated heterocycles. The Balaban J connectivity index is 2.12. The third kappa shape index (κ3) is 7.76. The number of aliphatic hydroxyl groups is 2. The van der Waals surface area contributed by atoms with Gasteiger partial charge in [0.1, 0.15) is 6.61 Å². The molecule has 2 aromatic rings. The molecule has 0 heterocycles. The maximum atomic E-state index is 10.1. The van der Waals surface area contributed by atoms with Crippen molar-refractivity contribution in [1.29, 1.82) is 0 Å². The van der Waals surface area contributed by atoms with Crippen LogP contribution in [0.4, 0.5) is 0 Å². The number of phenols is 4. The highest BCUT2D eigenvalue weighted by Crippen LogP contribution is 2.28. The van der Waals surface area contributed by atoms with Crippen LogP contribution >= 0.6 is 0 Å². The van der Waals surface area contributed by atoms with Gasteiger partial charge >= 0.3 is 0 Å². The molecule has 0 aliphatic carbocycles. The third-order valence-corrected chi connectivity index (χ3v) is 6.02. The summed E-state index contributed by atoms with van der Waals surface area (Å²) in [4.78, 5) is 1.00. The Bertz CT molecular complexity index is 879. The average Bonchev–Trinajstić information content (AvgIpc) is 2.78. The number of phenolic OH excluding ortho intramolecular Hbond substituents is 4. The minimum Gasteiger partial charge on any atom is -0.504 e. The fourth-order valence-corrected chi connectivity index (χ4v) is 3.64. The minimum absolute atomic E-state index is 0.0146. The zero-order chi connectivity index (χ0) is 24.5. The molecule has 0 saturated carbocycles. The van der Waals surface area contributed by atoms with Crippen LogP contribution in [0, 0.1) is 5.92 Å². The summed E-state index contributed by atoms with van der Waals surface area (Å²) in [7, 11) is 1.94. The molecule has 0 radical (unpaired) electrons. The summed E-state index contributed by atoms with van der Waals surface area (Å²) >= 11 is 0. The van der Waals surface area contributed by atoms with Crippen LogP contribution in [-0.2, 0) is 6.42 Å². The van der Waals surface area contributed by atoms with Crippen molar-refractivity contribution in [3.8, 4) is 23.0 Å². The van der Waals surface area contributed by atoms with Gasteiger partial charge in [-0.05, 0) is 41.3 Å². The van der Waals surface area contributed by atoms with Gasteiger partial charge in [-0.2, -0.15) is 0 Å². The predicted molar refractivity (Wildman–Crippen MR) is 125 cm³/mol. The normalized spacial score (nSPS) is 15.3. The molecule has 9 N–H and O–H groups in total. The number of likely N-dealkylation sites (N-methyl/N-ethyl adjacent to an activating group) is 1. The number of nitrogens with one attached hydrogen (secondary N) is 3. The largest absolute Gasteiger partial charge is 0.504 e. The SMILES string of the molecule is CC(C)[C@H](CO)NCC(NC(CO)[NH+](C)CCc1ccc(O)c(O)c1)c1ccc(O)c(O)c1. The summed E-state index contributed by atoms with van der Waals surface area (Å²) in [6, 6.07) is 8.92. The van der Waals surface area contributed by atoms with E-state index in [1.54, 1.807) is 12.1 Å². The second kappa shape index (κ2) is 12.6. The van der Waals surface area contributed by atoms with E-state index in [1.165, 1.54) is 24.3 Å². The van der Waals surface area contributed by atoms with E-state index in [-0.39, 0.29) is 60.4 Å². The first-order valence-corrected chi connectivity index (χ1v) is 11.2. The van der Waals surface area contributed by atoms with Gasteiger partial charge in [-0.15, -0.1) is 0 Å². The molecule has 2 aromatic carbocycles. The topological polar surface area (TPSA) is 150 Å². The van der Waals surface area contributed by atoms with Crippen molar-refractivity contribution in [3.63, 3.8) is 0 Å². The Morgan fingerprint density at radius 1 is 0.848 bits per heavy atom. The van der Waals surface area contributed by atoms with Crippen molar-refractivity contribution in [3.05, 3.63) is 47.5 Å². The van der Waals surface area contributed by atoms with Crippen LogP contribution in [0.2, 0.25) is 0 Å². The Morgan fingerprint density at radius 2 is 1.48 bits per heavy atom. The van der Waals surface area contributed by atoms with Crippen molar-refractivity contribution in [2.24, 2.45) is 5.92 Å². The van der Waals surface area contributed by atoms with Gasteiger partial charge in [-0.25, -0.2) is 0 Å². The molecule has 0 fully saturated rings. The Morgan fingerprint density at radius 3 is 2.03 bits per heavy atom. The van der Waals surface area contributed by atoms with Crippen LogP contribution in [-0.4, -0.2) is 76.2 Å². The molecule has 0 aliphatic heterocycles. The third-order valence-electron chi connectivity index (χ3n) is 6.02. The van der Waals surface area contributed by atoms with Gasteiger partial charge in [0.05, 0.1) is 26.2 Å². The lowest BCUT2D eigenvalue weighted by molar-refractivity contribution is -0.910. The molecule has 0 aromatic heterocycles. The molecule has 0 spiro atoms. The minimum atomic E-state index is -0.343. The molecular formula is C24H38N3O6+. The van der Waals surface area contributed by atoms with E-state index in [2.05, 4.69) is 10.6 Å². The van der Waals surface area contributed by atoms with Gasteiger partial charge in [-0.1, -0.05) is 26.0 Å². The van der Waals surface area contributed by atoms with Crippen LogP contribution in [0.1, 0.15) is 31.0 Å². The molecule has 3 unspecified atom stereocenters. The summed E-state index contributed by atoms with van der Waals surface area (Å²) in [5, 5.41) is 65.4. The maximum absolute atomic E-state index is 10.1. The number of aliphatic hydroxyl groups excluding tert-OH is 2. The van der Waals surface area contributed by atoms with Crippen molar-refractivity contribution < 1.29 is 35.5 Å². The number of benzene rings is 2. The molecule has 9 heteroatoms. The summed E-state index contributed by atoms with van der Waals surface area (Å²) in [6.45, 7) is 4.95. The van der Waals surface area contributed by atoms with E-state index in [0.29, 0.717) is 19.5 Å². The Kier molecular flexibility index (Phi) is 10.2. The van der Waals surface area contributed by atoms with Crippen molar-refractivity contribution in [2.45, 2.75) is 38.5 Å². The van der Waals surface area contributed by atoms with Gasteiger partial charge in [0, 0.05) is 19.0 Å². The standard InChI is InChI=1S/C24H37N3O6/c1-15(2)19(13-28)25-12-18(17-5-7-21(31)23(33)11-17)26-24(14-29)27(3)9-8-16-4-6-20(30)22(32)10-16/h4-7,10-11,15,18-19,24-26,28-33H,8-9,12-14H2,1-3H3/p+1/t18?,19-,24?/m0/s1. The monoisotopic (exact) mass is 464 g/mol. The highest BCUT2D eigenvalue weighted by atomic mass is 16.3. The number of rotatable bonds is 13. The van der Waals surface area contributed by atoms with E-state index < -0.39 is 0 Å². The summed E-state index contributed by atoms with van der Waals surface area (Å²) in [5.74, 6) is -0.546. The number of hydrogen-bond acceptors (Lipinski definition) is 8. The van der Waals surface area contributed by atoms with Gasteiger partial charge in [0.25, 0.3) is 0 Å². The van der Waals surface area contributed by atoms with Gasteiger partial charge < -0.3 is 40.9 Å². The quantitative estimate of drug-likeness (QED) is 0.146. The Hall–Kier alpha value is -2.56. The van der Waals surface area contributed by atoms with Gasteiger partial charge in [0.2, 0.25) is 0 Å². The van der Waals surface area contributed by atoms with Gasteiger partial charge in [0.15, 0.2) is 29.2 Å². The molecular weight excluding hydrogens is 426 g/mol. The fraction of sp³-hybridized carbons (Fsp3) is 0.500. The first-order valence-electron chi connectivity index (χ1n) is 11.2. The molecule has 33 heavy (non-hydrogen) atoms. The van der Waals surface area contributed by atoms with Crippen LogP contribution < -0.4 is 15.5 Å². The van der Waals surface area contributed by atoms with E-state index in [4.69, 9.17) is 0 Å². The fourth-order valence-electron chi connectivity index (χ4n) is 3.64. The molecule has 184 valence electrons. The molecule has 0 aliphatic rings. The number of aromatic hydroxyl groups is 4. The average molecular weight is 465 g/mol. The van der Waals surface area contributed by atoms with Crippen LogP contribution in [0.3, 0.4) is 0 Å². The summed E-state index contributed by atoms with van der Waals surface area (Å²) < 4.78 is 0. The summed E-state index contributed by atoms with van der Waals surface area (Å²) in [5.41, 5.74) is 1.60. The molecule has 9 nitrogen and oxygen atoms in total. The smallest absolute Gasteiger partial charge is 0.165 e. The molecule has 2 rings (SSSR count). The van der Waals surface area contributed by atoms with Crippen LogP contribution in [0.15, 0.2) is 36.4 Å². The van der Waals surface area contributed by atoms with E-state index in [9.17, 15) is 30.6 Å². The van der Waals surface area contributed by atoms with Gasteiger partial charge in [-0.3, -0.25) is 5.32 Å². The van der Waals surface area contributed by atoms with Crippen LogP contribution in [0.25, 0.3) is 0 Å². The molecule has 4 atom stereocenters. The summed E-state index contributed by atoms with van der Waals surface area (Å²) in [6.07, 6.45) is 0.283. The second-order valence-corrected chi connectivity index (χ2v) is 8.81. The second-order valence-electron chi connectivity index (χ2n) is 8.81. The Labute approximate surface area is 194 Å². The van der Waals surface area contributed by atoms with E-state index in [1.807, 2.05) is 20.9 Å². The van der Waals surface area contributed by atoms with Crippen molar-refractivity contribution in [2.75, 3.05) is 33.4 Å². The zero-order valence-corrected chi connectivity index (χ0v) is 19.5. The van der Waals surface area contributed by atoms with Crippen molar-refractivity contribution >= 4 is 0 Å². The first kappa shape index (κ1) is 26.7. The van der Waals surface area contributed by atoms with E-state index in [0.717, 1.165) is 16.0 Å². The predicted octanol–water partition coefficient (Wildman–Crippen LogP) is -0.178. The zero-order valence-electron chi connectivity index (χ0n) is 19.5. The maximum Gasteiger partial charge on any atom is 0.165 e. The highest BCUT2D eigenvalue weighted by Gasteiger charge is 2.24. The molecule has 0 bridgehead atoms. The number of hydrogen-bond donors (Lipinski definition) is 9. The van der Waals surface area contributed by atoms with E-state index >= 15 is 0 Å². The lowest BCUT2D eigenvalue weighted by atomic mass is 10.0. The first-order chi connectivity index (χ1) is 15.7. The lowest BCUT2D eigenvalue weighted by Crippen LogP contribution is -3.16. The van der Waals surface area contributed by atoms with Crippen molar-refractivity contribution in [1.82, 2.24) is 10.6 Å².